The molecule has 2 N–H and O–H groups in total. The zero-order chi connectivity index (χ0) is 13.7. The van der Waals surface area contributed by atoms with Crippen LogP contribution in [0.25, 0.3) is 0 Å². The number of hydrogen-bond donors (Lipinski definition) is 2. The van der Waals surface area contributed by atoms with Gasteiger partial charge < -0.3 is 5.32 Å². The lowest BCUT2D eigenvalue weighted by Crippen LogP contribution is -2.15. The molecule has 0 radical (unpaired) electrons. The number of aromatic nitrogens is 2. The van der Waals surface area contributed by atoms with Crippen molar-refractivity contribution < 1.29 is 8.42 Å². The van der Waals surface area contributed by atoms with E-state index in [9.17, 15) is 8.42 Å². The molecule has 0 aliphatic rings. The first-order chi connectivity index (χ1) is 9.09. The highest BCUT2D eigenvalue weighted by Crippen LogP contribution is 2.14. The molecule has 1 aromatic carbocycles. The standard InChI is InChI=1S/C11H14N4O2S2/c1-12-6-9-3-2-4-10(5-9)7-19(16,17)15-11-14-13-8-18-11/h2-5,8,12H,6-7H2,1H3,(H,14,15). The van der Waals surface area contributed by atoms with Crippen LogP contribution in [0.3, 0.4) is 0 Å². The molecule has 0 aliphatic carbocycles. The van der Waals surface area contributed by atoms with Crippen LogP contribution in [0.1, 0.15) is 11.1 Å². The lowest BCUT2D eigenvalue weighted by atomic mass is 10.1. The Bertz CT molecular complexity index is 626. The number of nitrogens with zero attached hydrogens (tertiary/aromatic N) is 2. The van der Waals surface area contributed by atoms with Crippen molar-refractivity contribution in [3.63, 3.8) is 0 Å². The van der Waals surface area contributed by atoms with E-state index in [1.165, 1.54) is 5.51 Å². The fraction of sp³-hybridized carbons (Fsp3) is 0.273. The normalized spacial score (nSPS) is 11.4. The summed E-state index contributed by atoms with van der Waals surface area (Å²) < 4.78 is 26.3. The summed E-state index contributed by atoms with van der Waals surface area (Å²) in [5.74, 6) is -0.0792. The molecule has 102 valence electrons. The van der Waals surface area contributed by atoms with E-state index < -0.39 is 10.0 Å². The van der Waals surface area contributed by atoms with Crippen LogP contribution >= 0.6 is 11.3 Å². The van der Waals surface area contributed by atoms with Crippen LogP contribution in [0.5, 0.6) is 0 Å². The fourth-order valence-corrected chi connectivity index (χ4v) is 3.50. The van der Waals surface area contributed by atoms with Gasteiger partial charge in [-0.05, 0) is 18.2 Å². The molecule has 0 bridgehead atoms. The third kappa shape index (κ3) is 4.27. The van der Waals surface area contributed by atoms with Crippen LogP contribution in [0.2, 0.25) is 0 Å². The third-order valence-corrected chi connectivity index (χ3v) is 4.29. The van der Waals surface area contributed by atoms with Gasteiger partial charge in [-0.15, -0.1) is 10.2 Å². The molecule has 0 spiro atoms. The van der Waals surface area contributed by atoms with Crippen LogP contribution in [-0.4, -0.2) is 25.7 Å². The Morgan fingerprint density at radius 3 is 2.79 bits per heavy atom. The predicted octanol–water partition coefficient (Wildman–Crippen LogP) is 1.20. The summed E-state index contributed by atoms with van der Waals surface area (Å²) >= 11 is 1.15. The molecule has 0 saturated heterocycles. The molecule has 6 nitrogen and oxygen atoms in total. The van der Waals surface area contributed by atoms with Gasteiger partial charge in [0, 0.05) is 6.54 Å². The second-order valence-corrected chi connectivity index (χ2v) is 6.51. The quantitative estimate of drug-likeness (QED) is 0.837. The summed E-state index contributed by atoms with van der Waals surface area (Å²) in [7, 11) is -1.60. The van der Waals surface area contributed by atoms with E-state index in [1.54, 1.807) is 6.07 Å². The maximum absolute atomic E-state index is 11.9. The van der Waals surface area contributed by atoms with E-state index in [0.29, 0.717) is 6.54 Å². The summed E-state index contributed by atoms with van der Waals surface area (Å²) in [6, 6.07) is 7.46. The van der Waals surface area contributed by atoms with E-state index in [1.807, 2.05) is 25.2 Å². The molecule has 1 aromatic heterocycles. The summed E-state index contributed by atoms with van der Waals surface area (Å²) in [5, 5.41) is 10.6. The Morgan fingerprint density at radius 2 is 2.11 bits per heavy atom. The molecule has 0 saturated carbocycles. The Balaban J connectivity index is 2.09. The molecular weight excluding hydrogens is 284 g/mol. The summed E-state index contributed by atoms with van der Waals surface area (Å²) in [6.07, 6.45) is 0. The van der Waals surface area contributed by atoms with Crippen molar-refractivity contribution in [2.24, 2.45) is 0 Å². The van der Waals surface area contributed by atoms with Crippen LogP contribution in [0.15, 0.2) is 29.8 Å². The van der Waals surface area contributed by atoms with Crippen LogP contribution in [-0.2, 0) is 22.3 Å². The molecule has 8 heteroatoms. The number of nitrogens with one attached hydrogen (secondary N) is 2. The van der Waals surface area contributed by atoms with Gasteiger partial charge in [-0.3, -0.25) is 4.72 Å². The van der Waals surface area contributed by atoms with E-state index in [2.05, 4.69) is 20.2 Å². The summed E-state index contributed by atoms with van der Waals surface area (Å²) in [6.45, 7) is 0.706. The molecule has 1 heterocycles. The number of anilines is 1. The SMILES string of the molecule is CNCc1cccc(CS(=O)(=O)Nc2nncs2)c1. The van der Waals surface area contributed by atoms with Crippen molar-refractivity contribution >= 4 is 26.5 Å². The monoisotopic (exact) mass is 298 g/mol. The molecule has 0 atom stereocenters. The van der Waals surface area contributed by atoms with Crippen molar-refractivity contribution in [3.8, 4) is 0 Å². The van der Waals surface area contributed by atoms with Crippen LogP contribution in [0.4, 0.5) is 5.13 Å². The first-order valence-electron chi connectivity index (χ1n) is 5.58. The molecule has 2 aromatic rings. The maximum atomic E-state index is 11.9. The van der Waals surface area contributed by atoms with Gasteiger partial charge >= 0.3 is 0 Å². The van der Waals surface area contributed by atoms with Crippen molar-refractivity contribution in [1.82, 2.24) is 15.5 Å². The van der Waals surface area contributed by atoms with Gasteiger partial charge in [0.25, 0.3) is 0 Å². The first-order valence-corrected chi connectivity index (χ1v) is 8.11. The fourth-order valence-electron chi connectivity index (χ4n) is 1.64. The van der Waals surface area contributed by atoms with Gasteiger partial charge in [0.15, 0.2) is 0 Å². The van der Waals surface area contributed by atoms with Crippen molar-refractivity contribution in [3.05, 3.63) is 40.9 Å². The zero-order valence-electron chi connectivity index (χ0n) is 10.3. The maximum Gasteiger partial charge on any atom is 0.238 e. The summed E-state index contributed by atoms with van der Waals surface area (Å²) in [4.78, 5) is 0. The minimum Gasteiger partial charge on any atom is -0.316 e. The summed E-state index contributed by atoms with van der Waals surface area (Å²) in [5.41, 5.74) is 3.27. The second kappa shape index (κ2) is 6.09. The minimum atomic E-state index is -3.45. The van der Waals surface area contributed by atoms with Gasteiger partial charge in [-0.1, -0.05) is 35.6 Å². The van der Waals surface area contributed by atoms with Crippen LogP contribution < -0.4 is 10.0 Å². The Hall–Kier alpha value is -1.51. The van der Waals surface area contributed by atoms with Crippen molar-refractivity contribution in [2.45, 2.75) is 12.3 Å². The Labute approximate surface area is 115 Å². The highest BCUT2D eigenvalue weighted by atomic mass is 32.2. The lowest BCUT2D eigenvalue weighted by molar-refractivity contribution is 0.600. The number of benzene rings is 1. The highest BCUT2D eigenvalue weighted by molar-refractivity contribution is 7.92. The molecule has 2 rings (SSSR count). The largest absolute Gasteiger partial charge is 0.316 e. The second-order valence-electron chi connectivity index (χ2n) is 3.96. The van der Waals surface area contributed by atoms with Gasteiger partial charge in [-0.25, -0.2) is 8.42 Å². The van der Waals surface area contributed by atoms with Crippen molar-refractivity contribution in [2.75, 3.05) is 11.8 Å². The number of rotatable bonds is 6. The minimum absolute atomic E-state index is 0.0792. The zero-order valence-corrected chi connectivity index (χ0v) is 12.0. The van der Waals surface area contributed by atoms with E-state index >= 15 is 0 Å². The average molecular weight is 298 g/mol. The molecule has 0 amide bonds. The van der Waals surface area contributed by atoms with Gasteiger partial charge in [0.05, 0.1) is 5.75 Å². The van der Waals surface area contributed by atoms with Crippen molar-refractivity contribution in [1.29, 1.82) is 0 Å². The van der Waals surface area contributed by atoms with Gasteiger partial charge in [0.1, 0.15) is 5.51 Å². The Kier molecular flexibility index (Phi) is 4.46. The van der Waals surface area contributed by atoms with E-state index in [-0.39, 0.29) is 10.9 Å². The molecule has 0 fully saturated rings. The average Bonchev–Trinajstić information content (AvgIpc) is 2.81. The predicted molar refractivity (Wildman–Crippen MR) is 75.4 cm³/mol. The van der Waals surface area contributed by atoms with Crippen LogP contribution in [0, 0.1) is 0 Å². The lowest BCUT2D eigenvalue weighted by Gasteiger charge is -2.06. The highest BCUT2D eigenvalue weighted by Gasteiger charge is 2.13. The number of sulfonamides is 1. The molecule has 19 heavy (non-hydrogen) atoms. The van der Waals surface area contributed by atoms with Gasteiger partial charge in [0.2, 0.25) is 15.2 Å². The van der Waals surface area contributed by atoms with Gasteiger partial charge in [-0.2, -0.15) is 0 Å². The van der Waals surface area contributed by atoms with E-state index in [4.69, 9.17) is 0 Å². The molecule has 0 unspecified atom stereocenters. The number of hydrogen-bond acceptors (Lipinski definition) is 6. The topological polar surface area (TPSA) is 84.0 Å². The first kappa shape index (κ1) is 13.9. The van der Waals surface area contributed by atoms with E-state index in [0.717, 1.165) is 22.5 Å². The Morgan fingerprint density at radius 1 is 1.32 bits per heavy atom. The smallest absolute Gasteiger partial charge is 0.238 e. The molecule has 0 aliphatic heterocycles. The third-order valence-electron chi connectivity index (χ3n) is 2.33. The molecular formula is C11H14N4O2S2.